The summed E-state index contributed by atoms with van der Waals surface area (Å²) in [6, 6.07) is 13.6. The lowest BCUT2D eigenvalue weighted by atomic mass is 10.0. The van der Waals surface area contributed by atoms with Gasteiger partial charge in [-0.25, -0.2) is 0 Å². The molecule has 0 bridgehead atoms. The van der Waals surface area contributed by atoms with E-state index in [1.54, 1.807) is 13.1 Å². The van der Waals surface area contributed by atoms with Crippen LogP contribution in [0.25, 0.3) is 0 Å². The van der Waals surface area contributed by atoms with Crippen molar-refractivity contribution in [2.75, 3.05) is 40.8 Å². The first-order valence-electron chi connectivity index (χ1n) is 10.2. The number of benzene rings is 2. The molecule has 1 atom stereocenters. The molecule has 168 valence electrons. The average Bonchev–Trinajstić information content (AvgIpc) is 2.74. The molecule has 0 amide bonds. The van der Waals surface area contributed by atoms with E-state index in [4.69, 9.17) is 4.74 Å². The van der Waals surface area contributed by atoms with Crippen molar-refractivity contribution in [1.82, 2.24) is 15.1 Å². The third-order valence-corrected chi connectivity index (χ3v) is 5.21. The molecule has 3 rings (SSSR count). The summed E-state index contributed by atoms with van der Waals surface area (Å²) in [5.74, 6) is 0.708. The molecule has 1 N–H and O–H groups in total. The van der Waals surface area contributed by atoms with Crippen LogP contribution in [0.15, 0.2) is 53.5 Å². The summed E-state index contributed by atoms with van der Waals surface area (Å²) >= 11 is 0. The lowest BCUT2D eigenvalue weighted by Gasteiger charge is -2.35. The van der Waals surface area contributed by atoms with Crippen molar-refractivity contribution in [3.8, 4) is 0 Å². The Kier molecular flexibility index (Phi) is 7.56. The minimum Gasteiger partial charge on any atom is -0.370 e. The van der Waals surface area contributed by atoms with E-state index in [9.17, 15) is 13.2 Å². The molecule has 31 heavy (non-hydrogen) atoms. The smallest absolute Gasteiger partial charge is 0.370 e. The van der Waals surface area contributed by atoms with Gasteiger partial charge in [0.25, 0.3) is 0 Å². The van der Waals surface area contributed by atoms with Gasteiger partial charge in [-0.05, 0) is 42.9 Å². The van der Waals surface area contributed by atoms with E-state index in [0.717, 1.165) is 12.6 Å². The summed E-state index contributed by atoms with van der Waals surface area (Å²) in [6.07, 6.45) is -4.82. The van der Waals surface area contributed by atoms with Gasteiger partial charge in [0.1, 0.15) is 6.10 Å². The van der Waals surface area contributed by atoms with Crippen molar-refractivity contribution in [3.05, 3.63) is 70.8 Å². The van der Waals surface area contributed by atoms with Crippen molar-refractivity contribution in [1.29, 1.82) is 0 Å². The second kappa shape index (κ2) is 10.2. The Morgan fingerprint density at radius 1 is 1.16 bits per heavy atom. The molecule has 1 saturated heterocycles. The zero-order valence-corrected chi connectivity index (χ0v) is 18.1. The maximum atomic E-state index is 13.1. The van der Waals surface area contributed by atoms with Gasteiger partial charge in [0.2, 0.25) is 0 Å². The Morgan fingerprint density at radius 3 is 2.58 bits per heavy atom. The van der Waals surface area contributed by atoms with Crippen LogP contribution in [0.4, 0.5) is 13.2 Å². The monoisotopic (exact) mass is 434 g/mol. The molecule has 0 spiro atoms. The van der Waals surface area contributed by atoms with Gasteiger partial charge in [-0.1, -0.05) is 36.4 Å². The van der Waals surface area contributed by atoms with Crippen LogP contribution in [0.2, 0.25) is 0 Å². The van der Waals surface area contributed by atoms with Gasteiger partial charge in [-0.15, -0.1) is 0 Å². The number of aliphatic imine (C=N–C) groups is 1. The molecule has 2 aromatic rings. The molecule has 5 nitrogen and oxygen atoms in total. The molecular formula is C23H29F3N4O. The Hall–Kier alpha value is -2.58. The minimum absolute atomic E-state index is 0.416. The molecule has 0 aromatic heterocycles. The predicted octanol–water partition coefficient (Wildman–Crippen LogP) is 3.92. The van der Waals surface area contributed by atoms with Gasteiger partial charge in [0.05, 0.1) is 18.7 Å². The predicted molar refractivity (Wildman–Crippen MR) is 116 cm³/mol. The number of nitrogens with zero attached hydrogens (tertiary/aromatic N) is 3. The summed E-state index contributed by atoms with van der Waals surface area (Å²) in [6.45, 7) is 2.92. The van der Waals surface area contributed by atoms with Crippen LogP contribution in [0.3, 0.4) is 0 Å². The van der Waals surface area contributed by atoms with Gasteiger partial charge >= 0.3 is 6.18 Å². The van der Waals surface area contributed by atoms with Crippen molar-refractivity contribution >= 4 is 5.96 Å². The van der Waals surface area contributed by atoms with Gasteiger partial charge in [0, 0.05) is 26.7 Å². The van der Waals surface area contributed by atoms with Crippen molar-refractivity contribution in [2.45, 2.75) is 25.4 Å². The van der Waals surface area contributed by atoms with E-state index < -0.39 is 17.8 Å². The SMILES string of the molecule is CN=C(NCc1ccccc1CN(C)C)N1CCOC(c2cccc(C(F)(F)F)c2)C1. The maximum Gasteiger partial charge on any atom is 0.416 e. The van der Waals surface area contributed by atoms with Crippen LogP contribution in [0.5, 0.6) is 0 Å². The van der Waals surface area contributed by atoms with Crippen LogP contribution in [0, 0.1) is 0 Å². The molecule has 1 aliphatic rings. The van der Waals surface area contributed by atoms with E-state index in [1.165, 1.54) is 23.3 Å². The maximum absolute atomic E-state index is 13.1. The molecule has 1 unspecified atom stereocenters. The first kappa shape index (κ1) is 23.1. The minimum atomic E-state index is -4.37. The third-order valence-electron chi connectivity index (χ3n) is 5.21. The normalized spacial score (nSPS) is 17.8. The number of ether oxygens (including phenoxy) is 1. The van der Waals surface area contributed by atoms with E-state index in [1.807, 2.05) is 31.1 Å². The van der Waals surface area contributed by atoms with E-state index >= 15 is 0 Å². The Morgan fingerprint density at radius 2 is 1.90 bits per heavy atom. The Bertz CT molecular complexity index is 898. The molecule has 1 heterocycles. The van der Waals surface area contributed by atoms with Crippen LogP contribution in [-0.4, -0.2) is 56.6 Å². The number of halogens is 3. The van der Waals surface area contributed by atoms with Crippen molar-refractivity contribution in [2.24, 2.45) is 4.99 Å². The highest BCUT2D eigenvalue weighted by atomic mass is 19.4. The average molecular weight is 435 g/mol. The lowest BCUT2D eigenvalue weighted by Crippen LogP contribution is -2.48. The third kappa shape index (κ3) is 6.21. The lowest BCUT2D eigenvalue weighted by molar-refractivity contribution is -0.137. The Labute approximate surface area is 181 Å². The second-order valence-corrected chi connectivity index (χ2v) is 7.84. The van der Waals surface area contributed by atoms with Crippen molar-refractivity contribution < 1.29 is 17.9 Å². The zero-order valence-electron chi connectivity index (χ0n) is 18.1. The van der Waals surface area contributed by atoms with E-state index in [2.05, 4.69) is 27.3 Å². The number of nitrogens with one attached hydrogen (secondary N) is 1. The first-order valence-corrected chi connectivity index (χ1v) is 10.2. The van der Waals surface area contributed by atoms with Gasteiger partial charge in [-0.3, -0.25) is 4.99 Å². The fourth-order valence-corrected chi connectivity index (χ4v) is 3.69. The second-order valence-electron chi connectivity index (χ2n) is 7.84. The van der Waals surface area contributed by atoms with Gasteiger partial charge in [-0.2, -0.15) is 13.2 Å². The number of morpholine rings is 1. The molecule has 1 aliphatic heterocycles. The number of guanidine groups is 1. The van der Waals surface area contributed by atoms with Crippen molar-refractivity contribution in [3.63, 3.8) is 0 Å². The van der Waals surface area contributed by atoms with E-state index in [-0.39, 0.29) is 0 Å². The molecule has 1 fully saturated rings. The topological polar surface area (TPSA) is 40.1 Å². The van der Waals surface area contributed by atoms with Crippen LogP contribution < -0.4 is 5.32 Å². The fraction of sp³-hybridized carbons (Fsp3) is 0.435. The summed E-state index contributed by atoms with van der Waals surface area (Å²) in [7, 11) is 5.78. The summed E-state index contributed by atoms with van der Waals surface area (Å²) < 4.78 is 45.0. The highest BCUT2D eigenvalue weighted by Crippen LogP contribution is 2.32. The fourth-order valence-electron chi connectivity index (χ4n) is 3.69. The standard InChI is InChI=1S/C23H29F3N4O/c1-27-22(28-14-18-7-4-5-8-19(18)15-29(2)3)30-11-12-31-21(16-30)17-9-6-10-20(13-17)23(24,25)26/h4-10,13,21H,11-12,14-16H2,1-3H3,(H,27,28). The van der Waals surface area contributed by atoms with Crippen LogP contribution in [-0.2, 0) is 24.0 Å². The first-order chi connectivity index (χ1) is 14.8. The quantitative estimate of drug-likeness (QED) is 0.572. The van der Waals surface area contributed by atoms with Crippen LogP contribution in [0.1, 0.15) is 28.4 Å². The molecule has 2 aromatic carbocycles. The number of hydrogen-bond acceptors (Lipinski definition) is 3. The van der Waals surface area contributed by atoms with Gasteiger partial charge in [0.15, 0.2) is 5.96 Å². The molecule has 0 radical (unpaired) electrons. The largest absolute Gasteiger partial charge is 0.416 e. The molecule has 8 heteroatoms. The highest BCUT2D eigenvalue weighted by molar-refractivity contribution is 5.80. The zero-order chi connectivity index (χ0) is 22.4. The van der Waals surface area contributed by atoms with Crippen LogP contribution >= 0.6 is 0 Å². The number of alkyl halides is 3. The number of hydrogen-bond donors (Lipinski definition) is 1. The van der Waals surface area contributed by atoms with Gasteiger partial charge < -0.3 is 19.9 Å². The molecule has 0 saturated carbocycles. The summed E-state index contributed by atoms with van der Waals surface area (Å²) in [4.78, 5) is 8.54. The summed E-state index contributed by atoms with van der Waals surface area (Å²) in [5, 5.41) is 3.40. The molecule has 0 aliphatic carbocycles. The molecular weight excluding hydrogens is 405 g/mol. The van der Waals surface area contributed by atoms with E-state index in [0.29, 0.717) is 37.8 Å². The highest BCUT2D eigenvalue weighted by Gasteiger charge is 2.32. The summed E-state index contributed by atoms with van der Waals surface area (Å²) in [5.41, 5.74) is 2.27. The Balaban J connectivity index is 1.68. The number of rotatable bonds is 5.